The van der Waals surface area contributed by atoms with Crippen molar-refractivity contribution in [2.75, 3.05) is 26.2 Å². The van der Waals surface area contributed by atoms with Gasteiger partial charge in [-0.1, -0.05) is 0 Å². The van der Waals surface area contributed by atoms with Gasteiger partial charge in [0.1, 0.15) is 6.04 Å². The van der Waals surface area contributed by atoms with Gasteiger partial charge >= 0.3 is 5.97 Å². The lowest BCUT2D eigenvalue weighted by Crippen LogP contribution is -2.36. The van der Waals surface area contributed by atoms with Crippen LogP contribution in [0, 0.1) is 6.92 Å². The first-order valence-electron chi connectivity index (χ1n) is 5.77. The van der Waals surface area contributed by atoms with Crippen molar-refractivity contribution in [2.45, 2.75) is 19.4 Å². The molecule has 1 aliphatic heterocycles. The van der Waals surface area contributed by atoms with E-state index in [2.05, 4.69) is 10.3 Å². The number of nitrogens with one attached hydrogen (secondary N) is 1. The highest BCUT2D eigenvalue weighted by atomic mass is 32.1. The lowest BCUT2D eigenvalue weighted by atomic mass is 10.1. The van der Waals surface area contributed by atoms with Gasteiger partial charge in [-0.3, -0.25) is 9.69 Å². The molecule has 94 valence electrons. The first-order valence-corrected chi connectivity index (χ1v) is 6.65. The van der Waals surface area contributed by atoms with Crippen LogP contribution in [0.5, 0.6) is 0 Å². The molecule has 6 heteroatoms. The van der Waals surface area contributed by atoms with Crippen molar-refractivity contribution < 1.29 is 9.90 Å². The number of rotatable bonds is 3. The molecule has 0 aliphatic carbocycles. The molecular formula is C11H17N3O2S. The molecule has 2 N–H and O–H groups in total. The van der Waals surface area contributed by atoms with Gasteiger partial charge in [0.05, 0.1) is 16.1 Å². The molecule has 5 nitrogen and oxygen atoms in total. The van der Waals surface area contributed by atoms with Crippen LogP contribution >= 0.6 is 11.3 Å². The van der Waals surface area contributed by atoms with Crippen LogP contribution in [0.4, 0.5) is 0 Å². The van der Waals surface area contributed by atoms with Crippen LogP contribution in [0.2, 0.25) is 0 Å². The van der Waals surface area contributed by atoms with Crippen LogP contribution in [-0.2, 0) is 4.79 Å². The molecule has 0 bridgehead atoms. The zero-order valence-electron chi connectivity index (χ0n) is 9.85. The summed E-state index contributed by atoms with van der Waals surface area (Å²) in [6.45, 7) is 5.28. The Hall–Kier alpha value is -0.980. The van der Waals surface area contributed by atoms with Gasteiger partial charge in [-0.05, 0) is 19.9 Å². The van der Waals surface area contributed by atoms with Crippen molar-refractivity contribution in [1.29, 1.82) is 0 Å². The summed E-state index contributed by atoms with van der Waals surface area (Å²) in [6, 6.07) is -0.539. The van der Waals surface area contributed by atoms with Crippen LogP contribution in [0.1, 0.15) is 23.0 Å². The fourth-order valence-electron chi connectivity index (χ4n) is 2.13. The maximum absolute atomic E-state index is 11.5. The minimum Gasteiger partial charge on any atom is -0.480 e. The van der Waals surface area contributed by atoms with Crippen molar-refractivity contribution >= 4 is 17.3 Å². The van der Waals surface area contributed by atoms with E-state index in [4.69, 9.17) is 0 Å². The first kappa shape index (κ1) is 12.5. The quantitative estimate of drug-likeness (QED) is 0.839. The van der Waals surface area contributed by atoms with E-state index in [-0.39, 0.29) is 0 Å². The van der Waals surface area contributed by atoms with Gasteiger partial charge in [0.25, 0.3) is 0 Å². The molecule has 1 saturated heterocycles. The molecule has 0 amide bonds. The Labute approximate surface area is 104 Å². The zero-order chi connectivity index (χ0) is 12.3. The van der Waals surface area contributed by atoms with E-state index in [1.807, 2.05) is 11.8 Å². The third-order valence-corrected chi connectivity index (χ3v) is 3.99. The number of aryl methyl sites for hydroxylation is 1. The minimum absolute atomic E-state index is 0.539. The van der Waals surface area contributed by atoms with E-state index in [0.29, 0.717) is 0 Å². The molecule has 1 aromatic heterocycles. The molecule has 0 spiro atoms. The second kappa shape index (κ2) is 5.57. The number of hydrogen-bond donors (Lipinski definition) is 2. The van der Waals surface area contributed by atoms with Crippen LogP contribution in [0.15, 0.2) is 5.51 Å². The van der Waals surface area contributed by atoms with Crippen molar-refractivity contribution in [2.24, 2.45) is 0 Å². The number of thiazole rings is 1. The van der Waals surface area contributed by atoms with Gasteiger partial charge in [0.15, 0.2) is 0 Å². The number of nitrogens with zero attached hydrogens (tertiary/aromatic N) is 2. The van der Waals surface area contributed by atoms with Crippen LogP contribution in [0.3, 0.4) is 0 Å². The fourth-order valence-corrected chi connectivity index (χ4v) is 3.06. The number of aliphatic carboxylic acids is 1. The van der Waals surface area contributed by atoms with Gasteiger partial charge < -0.3 is 10.4 Å². The Balaban J connectivity index is 2.22. The Morgan fingerprint density at radius 1 is 1.59 bits per heavy atom. The summed E-state index contributed by atoms with van der Waals surface area (Å²) in [5, 5.41) is 12.7. The minimum atomic E-state index is -0.778. The molecule has 17 heavy (non-hydrogen) atoms. The molecular weight excluding hydrogens is 238 g/mol. The van der Waals surface area contributed by atoms with Crippen LogP contribution in [0.25, 0.3) is 0 Å². The second-order valence-corrected chi connectivity index (χ2v) is 5.07. The van der Waals surface area contributed by atoms with E-state index < -0.39 is 12.0 Å². The standard InChI is InChI=1S/C11H17N3O2S/c1-8-10(17-7-13-8)9(11(15)16)14-5-2-3-12-4-6-14/h7,9,12H,2-6H2,1H3,(H,15,16). The highest BCUT2D eigenvalue weighted by molar-refractivity contribution is 7.10. The number of carboxylic acids is 1. The second-order valence-electron chi connectivity index (χ2n) is 4.18. The molecule has 0 saturated carbocycles. The summed E-state index contributed by atoms with van der Waals surface area (Å²) in [6.07, 6.45) is 0.988. The summed E-state index contributed by atoms with van der Waals surface area (Å²) in [4.78, 5) is 18.5. The number of hydrogen-bond acceptors (Lipinski definition) is 5. The van der Waals surface area contributed by atoms with Gasteiger partial charge in [0.2, 0.25) is 0 Å². The van der Waals surface area contributed by atoms with Crippen LogP contribution < -0.4 is 5.32 Å². The third kappa shape index (κ3) is 2.83. The molecule has 0 radical (unpaired) electrons. The van der Waals surface area contributed by atoms with E-state index in [0.717, 1.165) is 43.2 Å². The van der Waals surface area contributed by atoms with Crippen molar-refractivity contribution in [3.63, 3.8) is 0 Å². The van der Waals surface area contributed by atoms with E-state index in [9.17, 15) is 9.90 Å². The van der Waals surface area contributed by atoms with E-state index in [1.165, 1.54) is 11.3 Å². The van der Waals surface area contributed by atoms with Crippen molar-refractivity contribution in [3.05, 3.63) is 16.1 Å². The van der Waals surface area contributed by atoms with E-state index in [1.54, 1.807) is 5.51 Å². The third-order valence-electron chi connectivity index (χ3n) is 3.00. The summed E-state index contributed by atoms with van der Waals surface area (Å²) >= 11 is 1.43. The summed E-state index contributed by atoms with van der Waals surface area (Å²) < 4.78 is 0. The Morgan fingerprint density at radius 2 is 2.41 bits per heavy atom. The Kier molecular flexibility index (Phi) is 4.09. The van der Waals surface area contributed by atoms with Gasteiger partial charge in [0, 0.05) is 19.6 Å². The molecule has 1 aromatic rings. The van der Waals surface area contributed by atoms with E-state index >= 15 is 0 Å². The smallest absolute Gasteiger partial charge is 0.326 e. The SMILES string of the molecule is Cc1ncsc1C(C(=O)O)N1CCCNCC1. The zero-order valence-corrected chi connectivity index (χ0v) is 10.7. The summed E-state index contributed by atoms with van der Waals surface area (Å²) in [7, 11) is 0. The average molecular weight is 255 g/mol. The Morgan fingerprint density at radius 3 is 3.06 bits per heavy atom. The number of carboxylic acid groups (broad SMARTS) is 1. The lowest BCUT2D eigenvalue weighted by Gasteiger charge is -2.26. The largest absolute Gasteiger partial charge is 0.480 e. The normalized spacial score (nSPS) is 19.8. The predicted molar refractivity (Wildman–Crippen MR) is 66.3 cm³/mol. The van der Waals surface area contributed by atoms with Crippen LogP contribution in [-0.4, -0.2) is 47.1 Å². The summed E-state index contributed by atoms with van der Waals surface area (Å²) in [5.41, 5.74) is 2.55. The van der Waals surface area contributed by atoms with Crippen molar-refractivity contribution in [1.82, 2.24) is 15.2 Å². The Bertz CT molecular complexity index is 386. The van der Waals surface area contributed by atoms with Crippen molar-refractivity contribution in [3.8, 4) is 0 Å². The molecule has 1 atom stereocenters. The lowest BCUT2D eigenvalue weighted by molar-refractivity contribution is -0.143. The fraction of sp³-hybridized carbons (Fsp3) is 0.636. The van der Waals surface area contributed by atoms with Gasteiger partial charge in [-0.25, -0.2) is 4.98 Å². The molecule has 2 rings (SSSR count). The van der Waals surface area contributed by atoms with Gasteiger partial charge in [-0.2, -0.15) is 0 Å². The number of carbonyl (C=O) groups is 1. The predicted octanol–water partition coefficient (Wildman–Crippen LogP) is 0.873. The maximum atomic E-state index is 11.5. The average Bonchev–Trinajstić information content (AvgIpc) is 2.55. The molecule has 2 heterocycles. The summed E-state index contributed by atoms with van der Waals surface area (Å²) in [5.74, 6) is -0.778. The number of aromatic nitrogens is 1. The highest BCUT2D eigenvalue weighted by Gasteiger charge is 2.30. The maximum Gasteiger partial charge on any atom is 0.326 e. The molecule has 0 aromatic carbocycles. The monoisotopic (exact) mass is 255 g/mol. The topological polar surface area (TPSA) is 65.5 Å². The molecule has 1 unspecified atom stereocenters. The molecule has 1 fully saturated rings. The first-order chi connectivity index (χ1) is 8.20. The van der Waals surface area contributed by atoms with Gasteiger partial charge in [-0.15, -0.1) is 11.3 Å². The highest BCUT2D eigenvalue weighted by Crippen LogP contribution is 2.27. The molecule has 1 aliphatic rings.